The zero-order valence-corrected chi connectivity index (χ0v) is 16.7. The first-order valence-corrected chi connectivity index (χ1v) is 9.90. The minimum atomic E-state index is -0.294. The van der Waals surface area contributed by atoms with Crippen molar-refractivity contribution in [3.8, 4) is 16.9 Å². The van der Waals surface area contributed by atoms with Crippen molar-refractivity contribution in [3.05, 3.63) is 66.7 Å². The van der Waals surface area contributed by atoms with Gasteiger partial charge in [0.05, 0.1) is 13.0 Å². The molecule has 0 aliphatic carbocycles. The van der Waals surface area contributed by atoms with Gasteiger partial charge in [0.15, 0.2) is 0 Å². The van der Waals surface area contributed by atoms with Crippen LogP contribution in [0.2, 0.25) is 0 Å². The Bertz CT molecular complexity index is 1030. The summed E-state index contributed by atoms with van der Waals surface area (Å²) in [6, 6.07) is 13.7. The van der Waals surface area contributed by atoms with E-state index < -0.39 is 0 Å². The van der Waals surface area contributed by atoms with Crippen LogP contribution in [0.3, 0.4) is 0 Å². The predicted octanol–water partition coefficient (Wildman–Crippen LogP) is 4.15. The highest BCUT2D eigenvalue weighted by Crippen LogP contribution is 2.25. The SMILES string of the molecule is COc1cccc(NC(=O)[C@@H]2CCCN(c3ncc(-c4cccc(F)c4)cn3)C2)c1. The van der Waals surface area contributed by atoms with E-state index in [0.29, 0.717) is 23.9 Å². The van der Waals surface area contributed by atoms with E-state index in [0.717, 1.165) is 30.5 Å². The van der Waals surface area contributed by atoms with Crippen molar-refractivity contribution in [2.24, 2.45) is 5.92 Å². The minimum absolute atomic E-state index is 0.0238. The van der Waals surface area contributed by atoms with E-state index in [1.54, 1.807) is 31.6 Å². The third-order valence-electron chi connectivity index (χ3n) is 5.21. The molecule has 1 saturated heterocycles. The second kappa shape index (κ2) is 8.90. The number of rotatable bonds is 5. The van der Waals surface area contributed by atoms with E-state index in [-0.39, 0.29) is 17.6 Å². The van der Waals surface area contributed by atoms with Crippen LogP contribution < -0.4 is 15.0 Å². The number of nitrogens with zero attached hydrogens (tertiary/aromatic N) is 3. The maximum atomic E-state index is 13.4. The summed E-state index contributed by atoms with van der Waals surface area (Å²) >= 11 is 0. The average Bonchev–Trinajstić information content (AvgIpc) is 2.79. The number of carbonyl (C=O) groups excluding carboxylic acids is 1. The van der Waals surface area contributed by atoms with Crippen LogP contribution in [0.4, 0.5) is 16.0 Å². The van der Waals surface area contributed by atoms with Crippen LogP contribution in [-0.4, -0.2) is 36.1 Å². The van der Waals surface area contributed by atoms with Gasteiger partial charge in [0.25, 0.3) is 0 Å². The number of piperidine rings is 1. The predicted molar refractivity (Wildman–Crippen MR) is 114 cm³/mol. The fourth-order valence-electron chi connectivity index (χ4n) is 3.62. The molecule has 1 N–H and O–H groups in total. The first kappa shape index (κ1) is 19.8. The summed E-state index contributed by atoms with van der Waals surface area (Å²) in [4.78, 5) is 23.7. The van der Waals surface area contributed by atoms with E-state index >= 15 is 0 Å². The molecule has 0 spiro atoms. The molecule has 1 aliphatic heterocycles. The standard InChI is InChI=1S/C23H23FN4O2/c1-30-21-9-3-8-20(12-21)27-22(29)17-6-4-10-28(15-17)23-25-13-18(14-26-23)16-5-2-7-19(24)11-16/h2-3,5,7-9,11-14,17H,4,6,10,15H2,1H3,(H,27,29)/t17-/m1/s1. The van der Waals surface area contributed by atoms with Crippen LogP contribution >= 0.6 is 0 Å². The smallest absolute Gasteiger partial charge is 0.229 e. The zero-order chi connectivity index (χ0) is 20.9. The van der Waals surface area contributed by atoms with E-state index in [1.807, 2.05) is 29.2 Å². The molecule has 0 saturated carbocycles. The summed E-state index contributed by atoms with van der Waals surface area (Å²) in [5, 5.41) is 2.97. The van der Waals surface area contributed by atoms with E-state index in [9.17, 15) is 9.18 Å². The molecule has 1 atom stereocenters. The number of carbonyl (C=O) groups is 1. The van der Waals surface area contributed by atoms with Crippen LogP contribution in [0.5, 0.6) is 5.75 Å². The van der Waals surface area contributed by atoms with Crippen molar-refractivity contribution < 1.29 is 13.9 Å². The summed E-state index contributed by atoms with van der Waals surface area (Å²) in [5.41, 5.74) is 2.20. The molecule has 1 aromatic heterocycles. The van der Waals surface area contributed by atoms with Crippen LogP contribution in [-0.2, 0) is 4.79 Å². The van der Waals surface area contributed by atoms with Crippen LogP contribution in [0.25, 0.3) is 11.1 Å². The van der Waals surface area contributed by atoms with Gasteiger partial charge in [0, 0.05) is 42.8 Å². The van der Waals surface area contributed by atoms with E-state index in [2.05, 4.69) is 15.3 Å². The third-order valence-corrected chi connectivity index (χ3v) is 5.21. The normalized spacial score (nSPS) is 16.2. The third kappa shape index (κ3) is 4.56. The van der Waals surface area contributed by atoms with Crippen molar-refractivity contribution in [1.82, 2.24) is 9.97 Å². The van der Waals surface area contributed by atoms with Crippen molar-refractivity contribution in [2.75, 3.05) is 30.4 Å². The first-order chi connectivity index (χ1) is 14.6. The van der Waals surface area contributed by atoms with Gasteiger partial charge in [-0.2, -0.15) is 0 Å². The highest BCUT2D eigenvalue weighted by molar-refractivity contribution is 5.93. The molecule has 1 aliphatic rings. The Kier molecular flexibility index (Phi) is 5.88. The number of ether oxygens (including phenoxy) is 1. The second-order valence-electron chi connectivity index (χ2n) is 7.29. The number of halogens is 1. The maximum Gasteiger partial charge on any atom is 0.229 e. The number of amides is 1. The number of benzene rings is 2. The lowest BCUT2D eigenvalue weighted by molar-refractivity contribution is -0.120. The number of nitrogens with one attached hydrogen (secondary N) is 1. The number of methoxy groups -OCH3 is 1. The molecule has 30 heavy (non-hydrogen) atoms. The molecule has 2 heterocycles. The van der Waals surface area contributed by atoms with Gasteiger partial charge in [-0.1, -0.05) is 18.2 Å². The average molecular weight is 406 g/mol. The molecule has 4 rings (SSSR count). The van der Waals surface area contributed by atoms with Gasteiger partial charge in [0.2, 0.25) is 11.9 Å². The van der Waals surface area contributed by atoms with Crippen LogP contribution in [0.1, 0.15) is 12.8 Å². The lowest BCUT2D eigenvalue weighted by atomic mass is 9.97. The molecule has 0 unspecified atom stereocenters. The summed E-state index contributed by atoms with van der Waals surface area (Å²) in [7, 11) is 1.60. The monoisotopic (exact) mass is 406 g/mol. The van der Waals surface area contributed by atoms with Crippen molar-refractivity contribution >= 4 is 17.5 Å². The molecule has 154 valence electrons. The van der Waals surface area contributed by atoms with Gasteiger partial charge in [0.1, 0.15) is 11.6 Å². The quantitative estimate of drug-likeness (QED) is 0.690. The van der Waals surface area contributed by atoms with Gasteiger partial charge in [-0.05, 0) is 42.7 Å². The molecule has 0 bridgehead atoms. The van der Waals surface area contributed by atoms with Gasteiger partial charge in [-0.3, -0.25) is 4.79 Å². The first-order valence-electron chi connectivity index (χ1n) is 9.90. The van der Waals surface area contributed by atoms with E-state index in [4.69, 9.17) is 4.74 Å². The van der Waals surface area contributed by atoms with Crippen molar-refractivity contribution in [3.63, 3.8) is 0 Å². The largest absolute Gasteiger partial charge is 0.497 e. The topological polar surface area (TPSA) is 67.3 Å². The lowest BCUT2D eigenvalue weighted by Gasteiger charge is -2.32. The Morgan fingerprint density at radius 3 is 2.70 bits per heavy atom. The molecular formula is C23H23FN4O2. The summed E-state index contributed by atoms with van der Waals surface area (Å²) in [5.74, 6) is 0.803. The molecular weight excluding hydrogens is 383 g/mol. The number of hydrogen-bond donors (Lipinski definition) is 1. The minimum Gasteiger partial charge on any atom is -0.497 e. The Morgan fingerprint density at radius 2 is 1.93 bits per heavy atom. The number of hydrogen-bond acceptors (Lipinski definition) is 5. The maximum absolute atomic E-state index is 13.4. The molecule has 7 heteroatoms. The molecule has 2 aromatic carbocycles. The van der Waals surface area contributed by atoms with E-state index in [1.165, 1.54) is 12.1 Å². The van der Waals surface area contributed by atoms with Crippen LogP contribution in [0.15, 0.2) is 60.9 Å². The zero-order valence-electron chi connectivity index (χ0n) is 16.7. The van der Waals surface area contributed by atoms with Crippen LogP contribution in [0, 0.1) is 11.7 Å². The highest BCUT2D eigenvalue weighted by Gasteiger charge is 2.27. The van der Waals surface area contributed by atoms with Gasteiger partial charge < -0.3 is 15.0 Å². The van der Waals surface area contributed by atoms with Gasteiger partial charge >= 0.3 is 0 Å². The van der Waals surface area contributed by atoms with Gasteiger partial charge in [-0.25, -0.2) is 14.4 Å². The number of anilines is 2. The molecule has 1 fully saturated rings. The lowest BCUT2D eigenvalue weighted by Crippen LogP contribution is -2.41. The number of aromatic nitrogens is 2. The molecule has 6 nitrogen and oxygen atoms in total. The molecule has 1 amide bonds. The van der Waals surface area contributed by atoms with Gasteiger partial charge in [-0.15, -0.1) is 0 Å². The molecule has 3 aromatic rings. The summed E-state index contributed by atoms with van der Waals surface area (Å²) < 4.78 is 18.7. The Balaban J connectivity index is 1.42. The Morgan fingerprint density at radius 1 is 1.13 bits per heavy atom. The van der Waals surface area contributed by atoms with Crippen molar-refractivity contribution in [2.45, 2.75) is 12.8 Å². The summed E-state index contributed by atoms with van der Waals surface area (Å²) in [6.45, 7) is 1.34. The Hall–Kier alpha value is -3.48. The second-order valence-corrected chi connectivity index (χ2v) is 7.29. The van der Waals surface area contributed by atoms with Crippen molar-refractivity contribution in [1.29, 1.82) is 0 Å². The molecule has 0 radical (unpaired) electrons. The summed E-state index contributed by atoms with van der Waals surface area (Å²) in [6.07, 6.45) is 5.08. The highest BCUT2D eigenvalue weighted by atomic mass is 19.1. The Labute approximate surface area is 174 Å². The fourth-order valence-corrected chi connectivity index (χ4v) is 3.62. The fraction of sp³-hybridized carbons (Fsp3) is 0.261.